The summed E-state index contributed by atoms with van der Waals surface area (Å²) in [5.41, 5.74) is 1.36. The fraction of sp³-hybridized carbons (Fsp3) is 0.167. The summed E-state index contributed by atoms with van der Waals surface area (Å²) in [6.07, 6.45) is 0. The number of rotatable bonds is 4. The minimum atomic E-state index is -0.853. The molecule has 1 aliphatic heterocycles. The van der Waals surface area contributed by atoms with Crippen molar-refractivity contribution in [3.05, 3.63) is 69.7 Å². The molecule has 4 amide bonds. The minimum Gasteiger partial charge on any atom is -0.275 e. The summed E-state index contributed by atoms with van der Waals surface area (Å²) >= 11 is 16.1. The van der Waals surface area contributed by atoms with Gasteiger partial charge in [0.05, 0.1) is 6.54 Å². The van der Waals surface area contributed by atoms with E-state index in [9.17, 15) is 14.4 Å². The average Bonchev–Trinajstić information content (AvgIpc) is 2.64. The van der Waals surface area contributed by atoms with Crippen LogP contribution in [-0.4, -0.2) is 34.4 Å². The zero-order valence-corrected chi connectivity index (χ0v) is 16.3. The Morgan fingerprint density at radius 3 is 2.19 bits per heavy atom. The van der Waals surface area contributed by atoms with Crippen LogP contribution in [0.5, 0.6) is 0 Å². The van der Waals surface area contributed by atoms with Crippen LogP contribution in [0.3, 0.4) is 0 Å². The Morgan fingerprint density at radius 2 is 1.59 bits per heavy atom. The summed E-state index contributed by atoms with van der Waals surface area (Å²) < 4.78 is 0. The molecular formula is C18H15Cl2N3O3S. The molecule has 0 aromatic heterocycles. The lowest BCUT2D eigenvalue weighted by Gasteiger charge is -2.38. The third-order valence-electron chi connectivity index (χ3n) is 3.99. The second-order valence-corrected chi connectivity index (χ2v) is 7.28. The van der Waals surface area contributed by atoms with Crippen LogP contribution in [0.1, 0.15) is 16.4 Å². The second kappa shape index (κ2) is 8.21. The van der Waals surface area contributed by atoms with Crippen molar-refractivity contribution in [3.8, 4) is 0 Å². The molecule has 0 saturated carbocycles. The number of nitrogens with one attached hydrogen (secondary N) is 1. The summed E-state index contributed by atoms with van der Waals surface area (Å²) in [6.45, 7) is -0.175. The zero-order valence-electron chi connectivity index (χ0n) is 13.9. The third kappa shape index (κ3) is 4.55. The Bertz CT molecular complexity index is 874. The van der Waals surface area contributed by atoms with E-state index in [4.69, 9.17) is 23.2 Å². The molecule has 0 aliphatic carbocycles. The first-order chi connectivity index (χ1) is 12.8. The maximum atomic E-state index is 13.0. The van der Waals surface area contributed by atoms with E-state index in [0.29, 0.717) is 15.6 Å². The monoisotopic (exact) mass is 423 g/mol. The third-order valence-corrected chi connectivity index (χ3v) is 5.01. The quantitative estimate of drug-likeness (QED) is 0.739. The van der Waals surface area contributed by atoms with Gasteiger partial charge in [-0.15, -0.1) is 0 Å². The fourth-order valence-electron chi connectivity index (χ4n) is 2.60. The summed E-state index contributed by atoms with van der Waals surface area (Å²) in [7, 11) is 0. The normalized spacial score (nSPS) is 15.5. The number of hydrazine groups is 1. The van der Waals surface area contributed by atoms with Crippen molar-refractivity contribution in [2.45, 2.75) is 11.8 Å². The number of thiol groups is 1. The summed E-state index contributed by atoms with van der Waals surface area (Å²) in [5.74, 6) is -1.05. The number of urea groups is 1. The van der Waals surface area contributed by atoms with Crippen molar-refractivity contribution in [3.63, 3.8) is 0 Å². The molecule has 140 valence electrons. The highest BCUT2D eigenvalue weighted by molar-refractivity contribution is 7.81. The maximum Gasteiger partial charge on any atom is 0.343 e. The standard InChI is InChI=1S/C18H15Cl2N3O3S/c19-13-5-1-11(2-6-13)9-23-18(26)21-15(24)10-22(23)17(25)16(27)12-3-7-14(20)8-4-12/h1-8,16,27H,9-10H2,(H,21,24,26). The smallest absolute Gasteiger partial charge is 0.275 e. The minimum absolute atomic E-state index is 0.100. The van der Waals surface area contributed by atoms with Gasteiger partial charge in [-0.1, -0.05) is 47.5 Å². The molecule has 1 saturated heterocycles. The Morgan fingerprint density at radius 1 is 1.04 bits per heavy atom. The van der Waals surface area contributed by atoms with Crippen LogP contribution in [0.15, 0.2) is 48.5 Å². The van der Waals surface area contributed by atoms with Gasteiger partial charge in [-0.05, 0) is 35.4 Å². The van der Waals surface area contributed by atoms with Crippen molar-refractivity contribution in [2.75, 3.05) is 6.54 Å². The van der Waals surface area contributed by atoms with Crippen molar-refractivity contribution >= 4 is 53.7 Å². The van der Waals surface area contributed by atoms with Crippen LogP contribution in [-0.2, 0) is 16.1 Å². The molecule has 9 heteroatoms. The van der Waals surface area contributed by atoms with Gasteiger partial charge >= 0.3 is 6.03 Å². The van der Waals surface area contributed by atoms with Gasteiger partial charge in [0.2, 0.25) is 5.91 Å². The average molecular weight is 424 g/mol. The molecule has 2 aromatic rings. The van der Waals surface area contributed by atoms with Crippen LogP contribution >= 0.6 is 35.8 Å². The van der Waals surface area contributed by atoms with Crippen LogP contribution in [0.25, 0.3) is 0 Å². The van der Waals surface area contributed by atoms with Gasteiger partial charge in [-0.25, -0.2) is 14.8 Å². The molecule has 2 aromatic carbocycles. The van der Waals surface area contributed by atoms with Crippen LogP contribution in [0.4, 0.5) is 4.79 Å². The van der Waals surface area contributed by atoms with Crippen molar-refractivity contribution in [1.29, 1.82) is 0 Å². The summed E-state index contributed by atoms with van der Waals surface area (Å²) in [5, 5.41) is 4.75. The molecule has 1 unspecified atom stereocenters. The van der Waals surface area contributed by atoms with Crippen molar-refractivity contribution < 1.29 is 14.4 Å². The van der Waals surface area contributed by atoms with Gasteiger partial charge in [-0.2, -0.15) is 12.6 Å². The van der Waals surface area contributed by atoms with E-state index in [1.54, 1.807) is 48.5 Å². The number of nitrogens with zero attached hydrogens (tertiary/aromatic N) is 2. The molecule has 0 spiro atoms. The van der Waals surface area contributed by atoms with Gasteiger partial charge in [0.15, 0.2) is 0 Å². The molecule has 1 heterocycles. The predicted molar refractivity (Wildman–Crippen MR) is 105 cm³/mol. The largest absolute Gasteiger partial charge is 0.343 e. The Kier molecular flexibility index (Phi) is 5.94. The molecule has 27 heavy (non-hydrogen) atoms. The van der Waals surface area contributed by atoms with E-state index < -0.39 is 23.1 Å². The van der Waals surface area contributed by atoms with Gasteiger partial charge in [0.1, 0.15) is 11.8 Å². The molecule has 0 bridgehead atoms. The summed E-state index contributed by atoms with van der Waals surface area (Å²) in [6, 6.07) is 12.8. The Hall–Kier alpha value is -2.22. The predicted octanol–water partition coefficient (Wildman–Crippen LogP) is 3.46. The van der Waals surface area contributed by atoms with E-state index in [-0.39, 0.29) is 13.1 Å². The van der Waals surface area contributed by atoms with Gasteiger partial charge < -0.3 is 0 Å². The zero-order chi connectivity index (χ0) is 19.6. The van der Waals surface area contributed by atoms with E-state index in [0.717, 1.165) is 10.6 Å². The first-order valence-electron chi connectivity index (χ1n) is 7.96. The highest BCUT2D eigenvalue weighted by Crippen LogP contribution is 2.26. The SMILES string of the molecule is O=C1CN(C(=O)C(S)c2ccc(Cl)cc2)N(Cc2ccc(Cl)cc2)C(=O)N1. The number of hydrogen-bond acceptors (Lipinski definition) is 4. The highest BCUT2D eigenvalue weighted by Gasteiger charge is 2.36. The number of hydrogen-bond donors (Lipinski definition) is 2. The molecule has 1 fully saturated rings. The molecule has 1 N–H and O–H groups in total. The first-order valence-corrected chi connectivity index (χ1v) is 9.23. The lowest BCUT2D eigenvalue weighted by Crippen LogP contribution is -2.62. The van der Waals surface area contributed by atoms with E-state index >= 15 is 0 Å². The van der Waals surface area contributed by atoms with Gasteiger partial charge in [-0.3, -0.25) is 14.9 Å². The number of benzene rings is 2. The Balaban J connectivity index is 1.85. The molecule has 1 aliphatic rings. The fourth-order valence-corrected chi connectivity index (χ4v) is 3.16. The summed E-state index contributed by atoms with van der Waals surface area (Å²) in [4.78, 5) is 37.1. The molecular weight excluding hydrogens is 409 g/mol. The van der Waals surface area contributed by atoms with Crippen molar-refractivity contribution in [1.82, 2.24) is 15.3 Å². The van der Waals surface area contributed by atoms with E-state index in [1.165, 1.54) is 5.01 Å². The molecule has 6 nitrogen and oxygen atoms in total. The highest BCUT2D eigenvalue weighted by atomic mass is 35.5. The molecule has 1 atom stereocenters. The molecule has 3 rings (SSSR count). The lowest BCUT2D eigenvalue weighted by atomic mass is 10.1. The molecule has 0 radical (unpaired) electrons. The van der Waals surface area contributed by atoms with Crippen LogP contribution in [0, 0.1) is 0 Å². The van der Waals surface area contributed by atoms with Crippen LogP contribution in [0.2, 0.25) is 10.0 Å². The number of halogens is 2. The number of carbonyl (C=O) groups excluding carboxylic acids is 3. The lowest BCUT2D eigenvalue weighted by molar-refractivity contribution is -0.152. The van der Waals surface area contributed by atoms with Crippen LogP contribution < -0.4 is 5.32 Å². The van der Waals surface area contributed by atoms with Gasteiger partial charge in [0.25, 0.3) is 5.91 Å². The van der Waals surface area contributed by atoms with E-state index in [2.05, 4.69) is 17.9 Å². The topological polar surface area (TPSA) is 69.7 Å². The maximum absolute atomic E-state index is 13.0. The second-order valence-electron chi connectivity index (χ2n) is 5.89. The van der Waals surface area contributed by atoms with E-state index in [1.807, 2.05) is 0 Å². The number of carbonyl (C=O) groups is 3. The Labute approximate surface area is 171 Å². The number of amides is 4. The van der Waals surface area contributed by atoms with Crippen molar-refractivity contribution in [2.24, 2.45) is 0 Å². The first kappa shape index (κ1) is 19.5. The number of imide groups is 1. The van der Waals surface area contributed by atoms with Gasteiger partial charge in [0, 0.05) is 10.0 Å².